The highest BCUT2D eigenvalue weighted by Crippen LogP contribution is 2.33. The standard InChI is InChI=1S/C23H21N5O.ClH/c1-16-26-14-21(18-8-10-25-11-9-18)22(27-16)20-3-2-12-28(15-20)23(29)19-6-4-17(13-24)5-7-19;/h4-11,14,20H,2-3,12,15H2,1H3;1H. The van der Waals surface area contributed by atoms with Gasteiger partial charge in [-0.25, -0.2) is 9.97 Å². The molecule has 3 heterocycles. The summed E-state index contributed by atoms with van der Waals surface area (Å²) in [7, 11) is 0. The van der Waals surface area contributed by atoms with E-state index >= 15 is 0 Å². The Labute approximate surface area is 182 Å². The number of piperidine rings is 1. The maximum absolute atomic E-state index is 13.0. The second-order valence-electron chi connectivity index (χ2n) is 7.23. The lowest BCUT2D eigenvalue weighted by Gasteiger charge is -2.33. The molecule has 1 atom stereocenters. The first-order valence-electron chi connectivity index (χ1n) is 9.69. The van der Waals surface area contributed by atoms with E-state index in [0.29, 0.717) is 17.7 Å². The van der Waals surface area contributed by atoms with Crippen LogP contribution >= 0.6 is 12.4 Å². The Morgan fingerprint density at radius 1 is 1.17 bits per heavy atom. The minimum atomic E-state index is -0.00423. The van der Waals surface area contributed by atoms with E-state index in [0.717, 1.165) is 42.0 Å². The molecule has 0 saturated carbocycles. The lowest BCUT2D eigenvalue weighted by Crippen LogP contribution is -2.39. The number of aryl methyl sites for hydroxylation is 1. The zero-order valence-electron chi connectivity index (χ0n) is 16.7. The van der Waals surface area contributed by atoms with Crippen LogP contribution in [0.3, 0.4) is 0 Å². The average molecular weight is 420 g/mol. The van der Waals surface area contributed by atoms with Crippen LogP contribution in [0.2, 0.25) is 0 Å². The molecule has 1 saturated heterocycles. The van der Waals surface area contributed by atoms with Gasteiger partial charge in [0.25, 0.3) is 5.91 Å². The molecule has 7 heteroatoms. The molecular formula is C23H22ClN5O. The van der Waals surface area contributed by atoms with Gasteiger partial charge in [0.1, 0.15) is 5.82 Å². The number of carbonyl (C=O) groups is 1. The molecule has 2 aromatic heterocycles. The lowest BCUT2D eigenvalue weighted by atomic mass is 9.89. The first-order valence-corrected chi connectivity index (χ1v) is 9.69. The fraction of sp³-hybridized carbons (Fsp3) is 0.261. The van der Waals surface area contributed by atoms with E-state index < -0.39 is 0 Å². The Morgan fingerprint density at radius 2 is 1.90 bits per heavy atom. The molecule has 152 valence electrons. The number of benzene rings is 1. The molecule has 0 N–H and O–H groups in total. The van der Waals surface area contributed by atoms with Crippen LogP contribution in [0.1, 0.15) is 46.2 Å². The monoisotopic (exact) mass is 419 g/mol. The van der Waals surface area contributed by atoms with Crippen molar-refractivity contribution in [2.24, 2.45) is 0 Å². The highest BCUT2D eigenvalue weighted by molar-refractivity contribution is 5.94. The molecule has 0 bridgehead atoms. The van der Waals surface area contributed by atoms with Crippen LogP contribution < -0.4 is 0 Å². The van der Waals surface area contributed by atoms with Gasteiger partial charge in [-0.05, 0) is 61.7 Å². The van der Waals surface area contributed by atoms with Gasteiger partial charge in [0, 0.05) is 48.7 Å². The summed E-state index contributed by atoms with van der Waals surface area (Å²) in [5, 5.41) is 8.96. The Hall–Kier alpha value is -3.30. The van der Waals surface area contributed by atoms with Crippen LogP contribution in [-0.2, 0) is 0 Å². The Morgan fingerprint density at radius 3 is 2.60 bits per heavy atom. The van der Waals surface area contributed by atoms with Gasteiger partial charge in [-0.3, -0.25) is 9.78 Å². The second kappa shape index (κ2) is 9.47. The Bertz CT molecular complexity index is 1060. The fourth-order valence-corrected chi connectivity index (χ4v) is 3.81. The quantitative estimate of drug-likeness (QED) is 0.636. The molecule has 1 aliphatic heterocycles. The van der Waals surface area contributed by atoms with Gasteiger partial charge in [0.2, 0.25) is 0 Å². The van der Waals surface area contributed by atoms with E-state index in [1.54, 1.807) is 36.7 Å². The first-order chi connectivity index (χ1) is 14.2. The van der Waals surface area contributed by atoms with Crippen molar-refractivity contribution >= 4 is 18.3 Å². The number of halogens is 1. The lowest BCUT2D eigenvalue weighted by molar-refractivity contribution is 0.0706. The fourth-order valence-electron chi connectivity index (χ4n) is 3.81. The van der Waals surface area contributed by atoms with Crippen molar-refractivity contribution in [2.75, 3.05) is 13.1 Å². The number of carbonyl (C=O) groups excluding carboxylic acids is 1. The van der Waals surface area contributed by atoms with E-state index in [9.17, 15) is 4.79 Å². The van der Waals surface area contributed by atoms with Crippen LogP contribution in [-0.4, -0.2) is 38.8 Å². The van der Waals surface area contributed by atoms with Crippen LogP contribution in [0.5, 0.6) is 0 Å². The normalized spacial score (nSPS) is 15.7. The molecule has 1 unspecified atom stereocenters. The van der Waals surface area contributed by atoms with Crippen molar-refractivity contribution in [1.29, 1.82) is 5.26 Å². The van der Waals surface area contributed by atoms with Gasteiger partial charge < -0.3 is 4.90 Å². The summed E-state index contributed by atoms with van der Waals surface area (Å²) in [6.45, 7) is 3.24. The minimum Gasteiger partial charge on any atom is -0.338 e. The molecule has 1 amide bonds. The molecular weight excluding hydrogens is 398 g/mol. The third-order valence-electron chi connectivity index (χ3n) is 5.29. The molecule has 0 radical (unpaired) electrons. The number of hydrogen-bond donors (Lipinski definition) is 0. The van der Waals surface area contributed by atoms with E-state index in [-0.39, 0.29) is 24.2 Å². The van der Waals surface area contributed by atoms with Crippen LogP contribution in [0, 0.1) is 18.3 Å². The van der Waals surface area contributed by atoms with E-state index in [4.69, 9.17) is 10.2 Å². The van der Waals surface area contributed by atoms with Crippen LogP contribution in [0.15, 0.2) is 55.0 Å². The van der Waals surface area contributed by atoms with E-state index in [2.05, 4.69) is 16.0 Å². The second-order valence-corrected chi connectivity index (χ2v) is 7.23. The molecule has 1 fully saturated rings. The summed E-state index contributed by atoms with van der Waals surface area (Å²) in [5.74, 6) is 0.875. The highest BCUT2D eigenvalue weighted by Gasteiger charge is 2.28. The molecule has 6 nitrogen and oxygen atoms in total. The van der Waals surface area contributed by atoms with Crippen molar-refractivity contribution in [1.82, 2.24) is 19.9 Å². The number of likely N-dealkylation sites (tertiary alicyclic amines) is 1. The zero-order valence-corrected chi connectivity index (χ0v) is 17.5. The van der Waals surface area contributed by atoms with Crippen molar-refractivity contribution in [2.45, 2.75) is 25.7 Å². The maximum Gasteiger partial charge on any atom is 0.253 e. The van der Waals surface area contributed by atoms with Gasteiger partial charge in [0.15, 0.2) is 0 Å². The summed E-state index contributed by atoms with van der Waals surface area (Å²) < 4.78 is 0. The molecule has 1 aliphatic rings. The number of amides is 1. The Kier molecular flexibility index (Phi) is 6.76. The van der Waals surface area contributed by atoms with Crippen molar-refractivity contribution in [3.8, 4) is 17.2 Å². The SMILES string of the molecule is Cc1ncc(-c2ccncc2)c(C2CCCN(C(=O)c3ccc(C#N)cc3)C2)n1.Cl. The van der Waals surface area contributed by atoms with Crippen molar-refractivity contribution < 1.29 is 4.79 Å². The highest BCUT2D eigenvalue weighted by atomic mass is 35.5. The number of nitrogens with zero attached hydrogens (tertiary/aromatic N) is 5. The molecule has 0 spiro atoms. The predicted molar refractivity (Wildman–Crippen MR) is 116 cm³/mol. The number of aromatic nitrogens is 3. The third kappa shape index (κ3) is 4.47. The molecule has 30 heavy (non-hydrogen) atoms. The van der Waals surface area contributed by atoms with E-state index in [1.807, 2.05) is 30.2 Å². The summed E-state index contributed by atoms with van der Waals surface area (Å²) >= 11 is 0. The summed E-state index contributed by atoms with van der Waals surface area (Å²) in [4.78, 5) is 28.1. The summed E-state index contributed by atoms with van der Waals surface area (Å²) in [6.07, 6.45) is 7.30. The van der Waals surface area contributed by atoms with Gasteiger partial charge in [-0.1, -0.05) is 0 Å². The summed E-state index contributed by atoms with van der Waals surface area (Å²) in [5.41, 5.74) is 4.18. The predicted octanol–water partition coefficient (Wildman–Crippen LogP) is 4.16. The Balaban J connectivity index is 0.00000256. The van der Waals surface area contributed by atoms with Crippen LogP contribution in [0.25, 0.3) is 11.1 Å². The largest absolute Gasteiger partial charge is 0.338 e. The molecule has 0 aliphatic carbocycles. The van der Waals surface area contributed by atoms with Gasteiger partial charge in [0.05, 0.1) is 17.3 Å². The molecule has 1 aromatic carbocycles. The van der Waals surface area contributed by atoms with Crippen molar-refractivity contribution in [3.63, 3.8) is 0 Å². The third-order valence-corrected chi connectivity index (χ3v) is 5.29. The van der Waals surface area contributed by atoms with Gasteiger partial charge in [-0.15, -0.1) is 12.4 Å². The van der Waals surface area contributed by atoms with Crippen LogP contribution in [0.4, 0.5) is 0 Å². The number of hydrogen-bond acceptors (Lipinski definition) is 5. The first kappa shape index (κ1) is 21.4. The van der Waals surface area contributed by atoms with Gasteiger partial charge >= 0.3 is 0 Å². The number of pyridine rings is 1. The topological polar surface area (TPSA) is 82.8 Å². The number of rotatable bonds is 3. The van der Waals surface area contributed by atoms with Crippen molar-refractivity contribution in [3.05, 3.63) is 77.6 Å². The smallest absolute Gasteiger partial charge is 0.253 e. The van der Waals surface area contributed by atoms with E-state index in [1.165, 1.54) is 0 Å². The molecule has 3 aromatic rings. The maximum atomic E-state index is 13.0. The zero-order chi connectivity index (χ0) is 20.2. The molecule has 4 rings (SSSR count). The number of nitriles is 1. The van der Waals surface area contributed by atoms with Gasteiger partial charge in [-0.2, -0.15) is 5.26 Å². The average Bonchev–Trinajstić information content (AvgIpc) is 2.79. The minimum absolute atomic E-state index is 0. The summed E-state index contributed by atoms with van der Waals surface area (Å²) in [6, 6.07) is 12.8.